The van der Waals surface area contributed by atoms with Gasteiger partial charge >= 0.3 is 0 Å². The van der Waals surface area contributed by atoms with Crippen LogP contribution in [0.2, 0.25) is 0 Å². The molecule has 3 heteroatoms. The van der Waals surface area contributed by atoms with Crippen LogP contribution in [-0.4, -0.2) is 43.3 Å². The Morgan fingerprint density at radius 1 is 1.15 bits per heavy atom. The van der Waals surface area contributed by atoms with Crippen LogP contribution in [0, 0.1) is 0 Å². The summed E-state index contributed by atoms with van der Waals surface area (Å²) in [4.78, 5) is 2.27. The lowest BCUT2D eigenvalue weighted by Crippen LogP contribution is -2.48. The maximum absolute atomic E-state index is 14.0. The molecule has 0 spiro atoms. The van der Waals surface area contributed by atoms with Gasteiger partial charge in [-0.05, 0) is 12.8 Å². The van der Waals surface area contributed by atoms with E-state index in [1.165, 1.54) is 0 Å². The number of hydrogen-bond donors (Lipinski definition) is 1. The van der Waals surface area contributed by atoms with Crippen molar-refractivity contribution in [3.8, 4) is 0 Å². The van der Waals surface area contributed by atoms with Crippen LogP contribution >= 0.6 is 0 Å². The summed E-state index contributed by atoms with van der Waals surface area (Å²) in [5.74, 6) is 0. The predicted octanol–water partition coefficient (Wildman–Crippen LogP) is 1.17. The van der Waals surface area contributed by atoms with Crippen LogP contribution in [0.4, 0.5) is 4.39 Å². The van der Waals surface area contributed by atoms with E-state index in [0.717, 1.165) is 51.9 Å². The van der Waals surface area contributed by atoms with Crippen molar-refractivity contribution in [2.24, 2.45) is 0 Å². The maximum Gasteiger partial charge on any atom is 0.123 e. The normalized spacial score (nSPS) is 29.3. The van der Waals surface area contributed by atoms with Gasteiger partial charge in [0.1, 0.15) is 5.67 Å². The lowest BCUT2D eigenvalue weighted by molar-refractivity contribution is 0.0904. The first kappa shape index (κ1) is 9.41. The molecule has 0 aromatic carbocycles. The second kappa shape index (κ2) is 3.93. The number of rotatable bonds is 2. The second-order valence-electron chi connectivity index (χ2n) is 4.38. The van der Waals surface area contributed by atoms with Gasteiger partial charge < -0.3 is 5.32 Å². The Balaban J connectivity index is 1.81. The summed E-state index contributed by atoms with van der Waals surface area (Å²) in [6, 6.07) is 0. The third-order valence-corrected chi connectivity index (χ3v) is 3.22. The lowest BCUT2D eigenvalue weighted by Gasteiger charge is -2.32. The first-order valence-corrected chi connectivity index (χ1v) is 5.41. The fraction of sp³-hybridized carbons (Fsp3) is 1.00. The zero-order valence-electron chi connectivity index (χ0n) is 8.19. The summed E-state index contributed by atoms with van der Waals surface area (Å²) >= 11 is 0. The standard InChI is InChI=1S/C10H19FN2/c11-10(3-1-2-4-10)9-13-7-5-12-6-8-13/h12H,1-9H2. The van der Waals surface area contributed by atoms with Crippen molar-refractivity contribution in [2.45, 2.75) is 31.4 Å². The third-order valence-electron chi connectivity index (χ3n) is 3.22. The first-order valence-electron chi connectivity index (χ1n) is 5.41. The highest BCUT2D eigenvalue weighted by Gasteiger charge is 2.35. The lowest BCUT2D eigenvalue weighted by atomic mass is 10.0. The summed E-state index contributed by atoms with van der Waals surface area (Å²) in [5.41, 5.74) is -0.850. The van der Waals surface area contributed by atoms with Crippen LogP contribution < -0.4 is 5.32 Å². The molecule has 1 aliphatic heterocycles. The Hall–Kier alpha value is -0.150. The Bertz CT molecular complexity index is 160. The fourth-order valence-corrected chi connectivity index (χ4v) is 2.44. The van der Waals surface area contributed by atoms with Crippen molar-refractivity contribution in [3.05, 3.63) is 0 Å². The van der Waals surface area contributed by atoms with Gasteiger partial charge in [-0.2, -0.15) is 0 Å². The molecule has 2 rings (SSSR count). The highest BCUT2D eigenvalue weighted by atomic mass is 19.1. The molecule has 2 nitrogen and oxygen atoms in total. The highest BCUT2D eigenvalue weighted by molar-refractivity contribution is 4.88. The molecule has 1 saturated carbocycles. The van der Waals surface area contributed by atoms with E-state index in [-0.39, 0.29) is 0 Å². The molecule has 76 valence electrons. The quantitative estimate of drug-likeness (QED) is 0.696. The summed E-state index contributed by atoms with van der Waals surface area (Å²) in [5, 5.41) is 3.29. The van der Waals surface area contributed by atoms with Gasteiger partial charge in [-0.15, -0.1) is 0 Å². The zero-order valence-corrected chi connectivity index (χ0v) is 8.19. The third kappa shape index (κ3) is 2.41. The molecule has 2 fully saturated rings. The van der Waals surface area contributed by atoms with Crippen LogP contribution in [0.25, 0.3) is 0 Å². The smallest absolute Gasteiger partial charge is 0.123 e. The molecule has 0 bridgehead atoms. The van der Waals surface area contributed by atoms with E-state index >= 15 is 0 Å². The minimum Gasteiger partial charge on any atom is -0.314 e. The van der Waals surface area contributed by atoms with E-state index in [1.807, 2.05) is 0 Å². The Labute approximate surface area is 79.5 Å². The maximum atomic E-state index is 14.0. The Morgan fingerprint density at radius 3 is 2.38 bits per heavy atom. The summed E-state index contributed by atoms with van der Waals surface area (Å²) in [7, 11) is 0. The van der Waals surface area contributed by atoms with E-state index in [4.69, 9.17) is 0 Å². The monoisotopic (exact) mass is 186 g/mol. The second-order valence-corrected chi connectivity index (χ2v) is 4.38. The van der Waals surface area contributed by atoms with Gasteiger partial charge in [0.05, 0.1) is 0 Å². The molecular weight excluding hydrogens is 167 g/mol. The molecule has 0 aromatic heterocycles. The average molecular weight is 186 g/mol. The van der Waals surface area contributed by atoms with Crippen molar-refractivity contribution < 1.29 is 4.39 Å². The van der Waals surface area contributed by atoms with E-state index in [9.17, 15) is 4.39 Å². The largest absolute Gasteiger partial charge is 0.314 e. The van der Waals surface area contributed by atoms with Crippen molar-refractivity contribution >= 4 is 0 Å². The van der Waals surface area contributed by atoms with E-state index < -0.39 is 5.67 Å². The van der Waals surface area contributed by atoms with Gasteiger partial charge in [-0.1, -0.05) is 12.8 Å². The first-order chi connectivity index (χ1) is 6.29. The molecule has 1 saturated heterocycles. The van der Waals surface area contributed by atoms with E-state index in [2.05, 4.69) is 10.2 Å². The minimum absolute atomic E-state index is 0.675. The minimum atomic E-state index is -0.850. The Morgan fingerprint density at radius 2 is 1.77 bits per heavy atom. The van der Waals surface area contributed by atoms with E-state index in [0.29, 0.717) is 6.54 Å². The number of piperazine rings is 1. The van der Waals surface area contributed by atoms with Crippen molar-refractivity contribution in [1.29, 1.82) is 0 Å². The van der Waals surface area contributed by atoms with Gasteiger partial charge in [0, 0.05) is 32.7 Å². The molecular formula is C10H19FN2. The molecule has 0 unspecified atom stereocenters. The summed E-state index contributed by atoms with van der Waals surface area (Å²) in [6.07, 6.45) is 3.75. The molecule has 0 amide bonds. The molecule has 0 aromatic rings. The van der Waals surface area contributed by atoms with Crippen LogP contribution in [0.3, 0.4) is 0 Å². The van der Waals surface area contributed by atoms with Gasteiger partial charge in [-0.25, -0.2) is 4.39 Å². The number of nitrogens with one attached hydrogen (secondary N) is 1. The van der Waals surface area contributed by atoms with Gasteiger partial charge in [-0.3, -0.25) is 4.90 Å². The molecule has 13 heavy (non-hydrogen) atoms. The molecule has 1 heterocycles. The van der Waals surface area contributed by atoms with Crippen LogP contribution in [0.15, 0.2) is 0 Å². The fourth-order valence-electron chi connectivity index (χ4n) is 2.44. The highest BCUT2D eigenvalue weighted by Crippen LogP contribution is 2.33. The van der Waals surface area contributed by atoms with Gasteiger partial charge in [0.15, 0.2) is 0 Å². The topological polar surface area (TPSA) is 15.3 Å². The van der Waals surface area contributed by atoms with Crippen LogP contribution in [-0.2, 0) is 0 Å². The van der Waals surface area contributed by atoms with Gasteiger partial charge in [0.25, 0.3) is 0 Å². The molecule has 1 N–H and O–H groups in total. The van der Waals surface area contributed by atoms with Crippen molar-refractivity contribution in [1.82, 2.24) is 10.2 Å². The predicted molar refractivity (Wildman–Crippen MR) is 51.6 cm³/mol. The summed E-state index contributed by atoms with van der Waals surface area (Å²) < 4.78 is 14.0. The van der Waals surface area contributed by atoms with Crippen molar-refractivity contribution in [3.63, 3.8) is 0 Å². The zero-order chi connectivity index (χ0) is 9.15. The molecule has 1 aliphatic carbocycles. The number of nitrogens with zero attached hydrogens (tertiary/aromatic N) is 1. The number of alkyl halides is 1. The van der Waals surface area contributed by atoms with Crippen LogP contribution in [0.1, 0.15) is 25.7 Å². The number of hydrogen-bond acceptors (Lipinski definition) is 2. The van der Waals surface area contributed by atoms with Crippen molar-refractivity contribution in [2.75, 3.05) is 32.7 Å². The summed E-state index contributed by atoms with van der Waals surface area (Å²) in [6.45, 7) is 4.76. The molecule has 2 aliphatic rings. The van der Waals surface area contributed by atoms with Crippen LogP contribution in [0.5, 0.6) is 0 Å². The Kier molecular flexibility index (Phi) is 2.84. The van der Waals surface area contributed by atoms with Gasteiger partial charge in [0.2, 0.25) is 0 Å². The number of halogens is 1. The van der Waals surface area contributed by atoms with E-state index in [1.54, 1.807) is 0 Å². The average Bonchev–Trinajstić information content (AvgIpc) is 2.54. The molecule has 0 radical (unpaired) electrons. The SMILES string of the molecule is FC1(CN2CCNCC2)CCCC1. The molecule has 0 atom stereocenters.